The molecule has 43 heavy (non-hydrogen) atoms. The summed E-state index contributed by atoms with van der Waals surface area (Å²) in [6, 6.07) is 20.2. The predicted octanol–water partition coefficient (Wildman–Crippen LogP) is 5.51. The highest BCUT2D eigenvalue weighted by Crippen LogP contribution is 2.41. The number of hydrogen-bond donors (Lipinski definition) is 0. The van der Waals surface area contributed by atoms with Crippen molar-refractivity contribution < 1.29 is 17.9 Å². The second-order valence-corrected chi connectivity index (χ2v) is 14.5. The van der Waals surface area contributed by atoms with Crippen LogP contribution in [0.25, 0.3) is 0 Å². The average molecular weight is 602 g/mol. The Kier molecular flexibility index (Phi) is 8.26. The van der Waals surface area contributed by atoms with E-state index in [1.807, 2.05) is 36.9 Å². The Bertz CT molecular complexity index is 1570. The van der Waals surface area contributed by atoms with Gasteiger partial charge in [0.15, 0.2) is 0 Å². The van der Waals surface area contributed by atoms with E-state index in [-0.39, 0.29) is 12.3 Å². The number of benzene rings is 3. The molecule has 1 amide bonds. The Hall–Kier alpha value is -3.36. The second kappa shape index (κ2) is 12.0. The highest BCUT2D eigenvalue weighted by atomic mass is 32.2. The van der Waals surface area contributed by atoms with Crippen molar-refractivity contribution in [3.63, 3.8) is 0 Å². The maximum absolute atomic E-state index is 14.0. The number of ether oxygens (including phenoxy) is 1. The fourth-order valence-electron chi connectivity index (χ4n) is 7.42. The van der Waals surface area contributed by atoms with Crippen LogP contribution >= 0.6 is 0 Å². The zero-order valence-electron chi connectivity index (χ0n) is 25.6. The van der Waals surface area contributed by atoms with Crippen molar-refractivity contribution in [2.24, 2.45) is 5.41 Å². The van der Waals surface area contributed by atoms with Crippen LogP contribution in [0.2, 0.25) is 0 Å². The van der Waals surface area contributed by atoms with Crippen LogP contribution in [-0.4, -0.2) is 64.0 Å². The van der Waals surface area contributed by atoms with Gasteiger partial charge in [-0.2, -0.15) is 0 Å². The molecule has 3 aliphatic rings. The highest BCUT2D eigenvalue weighted by Gasteiger charge is 2.41. The van der Waals surface area contributed by atoms with Crippen molar-refractivity contribution in [2.45, 2.75) is 63.8 Å². The van der Waals surface area contributed by atoms with Crippen LogP contribution in [-0.2, 0) is 34.2 Å². The van der Waals surface area contributed by atoms with E-state index in [1.165, 1.54) is 12.0 Å². The molecule has 0 saturated carbocycles. The number of sulfonamides is 1. The highest BCUT2D eigenvalue weighted by molar-refractivity contribution is 7.93. The molecule has 3 aliphatic heterocycles. The van der Waals surface area contributed by atoms with E-state index in [9.17, 15) is 13.2 Å². The third kappa shape index (κ3) is 6.04. The Morgan fingerprint density at radius 1 is 0.884 bits per heavy atom. The van der Waals surface area contributed by atoms with Gasteiger partial charge in [-0.05, 0) is 104 Å². The number of likely N-dealkylation sites (tertiary alicyclic amines) is 2. The minimum absolute atomic E-state index is 0.126. The zero-order valence-corrected chi connectivity index (χ0v) is 26.5. The van der Waals surface area contributed by atoms with E-state index in [4.69, 9.17) is 4.74 Å². The van der Waals surface area contributed by atoms with Gasteiger partial charge in [-0.3, -0.25) is 14.0 Å². The molecular weight excluding hydrogens is 558 g/mol. The van der Waals surface area contributed by atoms with Gasteiger partial charge in [0.25, 0.3) is 10.0 Å². The van der Waals surface area contributed by atoms with E-state index >= 15 is 0 Å². The molecule has 7 nitrogen and oxygen atoms in total. The Morgan fingerprint density at radius 3 is 2.28 bits per heavy atom. The van der Waals surface area contributed by atoms with Crippen LogP contribution < -0.4 is 9.04 Å². The number of carbonyl (C=O) groups excluding carboxylic acids is 1. The molecule has 3 aromatic carbocycles. The molecule has 2 saturated heterocycles. The van der Waals surface area contributed by atoms with Crippen LogP contribution in [0, 0.1) is 19.3 Å². The lowest BCUT2D eigenvalue weighted by atomic mass is 9.77. The van der Waals surface area contributed by atoms with Crippen molar-refractivity contribution in [1.29, 1.82) is 0 Å². The van der Waals surface area contributed by atoms with E-state index < -0.39 is 10.0 Å². The minimum Gasteiger partial charge on any atom is -0.497 e. The fraction of sp³-hybridized carbons (Fsp3) is 0.457. The summed E-state index contributed by atoms with van der Waals surface area (Å²) in [5.41, 5.74) is 5.59. The molecule has 2 fully saturated rings. The first kappa shape index (κ1) is 29.7. The Labute approximate surface area is 256 Å². The molecule has 8 heteroatoms. The van der Waals surface area contributed by atoms with Gasteiger partial charge in [-0.15, -0.1) is 0 Å². The van der Waals surface area contributed by atoms with Crippen LogP contribution in [0.5, 0.6) is 5.75 Å². The van der Waals surface area contributed by atoms with Gasteiger partial charge in [0.2, 0.25) is 5.91 Å². The molecular formula is C35H43N3O4S. The van der Waals surface area contributed by atoms with Crippen molar-refractivity contribution in [2.75, 3.05) is 44.1 Å². The van der Waals surface area contributed by atoms with Gasteiger partial charge in [-0.25, -0.2) is 8.42 Å². The van der Waals surface area contributed by atoms with E-state index in [2.05, 4.69) is 35.2 Å². The lowest BCUT2D eigenvalue weighted by molar-refractivity contribution is -0.132. The zero-order chi connectivity index (χ0) is 30.2. The molecule has 0 unspecified atom stereocenters. The van der Waals surface area contributed by atoms with Crippen LogP contribution in [0.4, 0.5) is 5.69 Å². The molecule has 1 spiro atoms. The van der Waals surface area contributed by atoms with Crippen molar-refractivity contribution in [3.8, 4) is 5.75 Å². The summed E-state index contributed by atoms with van der Waals surface area (Å²) in [5, 5.41) is 0. The smallest absolute Gasteiger partial charge is 0.264 e. The summed E-state index contributed by atoms with van der Waals surface area (Å²) in [6.07, 6.45) is 5.16. The summed E-state index contributed by atoms with van der Waals surface area (Å²) >= 11 is 0. The van der Waals surface area contributed by atoms with Gasteiger partial charge in [0.1, 0.15) is 5.75 Å². The summed E-state index contributed by atoms with van der Waals surface area (Å²) in [7, 11) is -2.20. The third-order valence-electron chi connectivity index (χ3n) is 9.74. The normalized spacial score (nSPS) is 18.6. The first-order valence-electron chi connectivity index (χ1n) is 15.5. The minimum atomic E-state index is -3.79. The molecule has 0 bridgehead atoms. The van der Waals surface area contributed by atoms with Gasteiger partial charge < -0.3 is 9.64 Å². The fourth-order valence-corrected chi connectivity index (χ4v) is 9.37. The van der Waals surface area contributed by atoms with Gasteiger partial charge in [-0.1, -0.05) is 42.5 Å². The second-order valence-electron chi connectivity index (χ2n) is 12.7. The first-order valence-corrected chi connectivity index (χ1v) is 17.0. The number of nitrogens with zero attached hydrogens (tertiary/aromatic N) is 3. The molecule has 6 rings (SSSR count). The quantitative estimate of drug-likeness (QED) is 0.357. The Balaban J connectivity index is 1.12. The lowest BCUT2D eigenvalue weighted by Gasteiger charge is -2.39. The van der Waals surface area contributed by atoms with Crippen LogP contribution in [0.3, 0.4) is 0 Å². The number of piperidine rings is 1. The SMILES string of the molecule is COc1cc(C)c(S(=O)(=O)N2CCCc3ccc(CC(=O)N4CCC5(CCN(Cc6ccccc6)C5)CC4)cc32)c(C)c1. The number of rotatable bonds is 7. The monoisotopic (exact) mass is 601 g/mol. The summed E-state index contributed by atoms with van der Waals surface area (Å²) in [6.45, 7) is 8.86. The molecule has 0 aromatic heterocycles. The molecule has 228 valence electrons. The number of aryl methyl sites for hydroxylation is 3. The number of fused-ring (bicyclic) bond motifs is 1. The van der Waals surface area contributed by atoms with E-state index in [0.29, 0.717) is 39.4 Å². The van der Waals surface area contributed by atoms with Crippen molar-refractivity contribution in [1.82, 2.24) is 9.80 Å². The maximum Gasteiger partial charge on any atom is 0.264 e. The topological polar surface area (TPSA) is 70.2 Å². The number of anilines is 1. The molecule has 0 atom stereocenters. The standard InChI is InChI=1S/C35H43N3O4S/c1-26-20-31(42-3)21-27(2)34(26)43(40,41)38-16-7-10-30-12-11-29(22-32(30)38)23-33(39)37-18-14-35(15-19-37)13-17-36(25-35)24-28-8-5-4-6-9-28/h4-6,8-9,11-12,20-22H,7,10,13-19,23-25H2,1-3H3. The van der Waals surface area contributed by atoms with Crippen molar-refractivity contribution >= 4 is 21.6 Å². The molecule has 0 radical (unpaired) electrons. The average Bonchev–Trinajstić information content (AvgIpc) is 3.38. The van der Waals surface area contributed by atoms with Crippen LogP contribution in [0.15, 0.2) is 65.6 Å². The molecule has 0 aliphatic carbocycles. The van der Waals surface area contributed by atoms with Crippen molar-refractivity contribution in [3.05, 3.63) is 88.5 Å². The first-order chi connectivity index (χ1) is 20.7. The Morgan fingerprint density at radius 2 is 1.58 bits per heavy atom. The maximum atomic E-state index is 14.0. The van der Waals surface area contributed by atoms with E-state index in [0.717, 1.165) is 69.5 Å². The van der Waals surface area contributed by atoms with Gasteiger partial charge >= 0.3 is 0 Å². The van der Waals surface area contributed by atoms with E-state index in [1.54, 1.807) is 23.5 Å². The largest absolute Gasteiger partial charge is 0.497 e. The molecule has 3 aromatic rings. The number of methoxy groups -OCH3 is 1. The lowest BCUT2D eigenvalue weighted by Crippen LogP contribution is -2.44. The summed E-state index contributed by atoms with van der Waals surface area (Å²) in [4.78, 5) is 18.4. The predicted molar refractivity (Wildman–Crippen MR) is 170 cm³/mol. The third-order valence-corrected chi connectivity index (χ3v) is 11.9. The van der Waals surface area contributed by atoms with Crippen LogP contribution in [0.1, 0.15) is 53.5 Å². The molecule has 0 N–H and O–H groups in total. The number of amides is 1. The number of carbonyl (C=O) groups is 1. The van der Waals surface area contributed by atoms with Gasteiger partial charge in [0.05, 0.1) is 24.1 Å². The van der Waals surface area contributed by atoms with Gasteiger partial charge in [0, 0.05) is 32.7 Å². The summed E-state index contributed by atoms with van der Waals surface area (Å²) < 4.78 is 35.0. The number of hydrogen-bond acceptors (Lipinski definition) is 5. The summed E-state index contributed by atoms with van der Waals surface area (Å²) in [5.74, 6) is 0.774. The molecule has 3 heterocycles.